The predicted octanol–water partition coefficient (Wildman–Crippen LogP) is 2.76. The third-order valence-corrected chi connectivity index (χ3v) is 4.81. The van der Waals surface area contributed by atoms with Gasteiger partial charge in [-0.1, -0.05) is 32.9 Å². The molecule has 0 radical (unpaired) electrons. The molecule has 1 saturated heterocycles. The van der Waals surface area contributed by atoms with Crippen LogP contribution in [0.1, 0.15) is 40.2 Å². The van der Waals surface area contributed by atoms with Crippen LogP contribution in [0.3, 0.4) is 0 Å². The van der Waals surface area contributed by atoms with Crippen molar-refractivity contribution in [2.45, 2.75) is 77.9 Å². The topological polar surface area (TPSA) is 89.1 Å². The molecule has 0 aromatic heterocycles. The smallest absolute Gasteiger partial charge is 0.406 e. The molecule has 10 heteroatoms. The summed E-state index contributed by atoms with van der Waals surface area (Å²) >= 11 is 0. The lowest BCUT2D eigenvalue weighted by Gasteiger charge is -2.40. The Morgan fingerprint density at radius 3 is 2.59 bits per heavy atom. The zero-order chi connectivity index (χ0) is 24.1. The Hall–Kier alpha value is -1.88. The van der Waals surface area contributed by atoms with Crippen molar-refractivity contribution in [3.05, 3.63) is 29.8 Å². The quantitative estimate of drug-likeness (QED) is 0.551. The Morgan fingerprint density at radius 1 is 1.34 bits per heavy atom. The summed E-state index contributed by atoms with van der Waals surface area (Å²) in [6.07, 6.45) is -6.24. The van der Waals surface area contributed by atoms with E-state index in [1.807, 2.05) is 27.7 Å². The number of aliphatic hydroxyl groups is 1. The number of ether oxygens (including phenoxy) is 3. The highest BCUT2D eigenvalue weighted by Gasteiger charge is 2.36. The SMILES string of the molecule is CC(=O)N[C@@H](Cc1cccc(OC(F)(F)F)c1)[C@H](O)[C@H]1CO[C@@H](OCC(C)(C)C)[C@H](C)N1. The van der Waals surface area contributed by atoms with Crippen molar-refractivity contribution >= 4 is 5.91 Å². The molecule has 1 heterocycles. The second-order valence-corrected chi connectivity index (χ2v) is 9.33. The highest BCUT2D eigenvalue weighted by atomic mass is 19.4. The first-order valence-electron chi connectivity index (χ1n) is 10.5. The van der Waals surface area contributed by atoms with Crippen LogP contribution in [0.15, 0.2) is 24.3 Å². The number of carbonyl (C=O) groups is 1. The number of carbonyl (C=O) groups excluding carboxylic acids is 1. The molecular weight excluding hydrogens is 429 g/mol. The summed E-state index contributed by atoms with van der Waals surface area (Å²) in [4.78, 5) is 11.7. The van der Waals surface area contributed by atoms with Gasteiger partial charge in [0.15, 0.2) is 6.29 Å². The number of benzene rings is 1. The molecule has 1 aliphatic heterocycles. The van der Waals surface area contributed by atoms with Gasteiger partial charge in [-0.3, -0.25) is 4.79 Å². The van der Waals surface area contributed by atoms with Crippen LogP contribution in [0.4, 0.5) is 13.2 Å². The molecule has 1 aliphatic rings. The van der Waals surface area contributed by atoms with E-state index in [2.05, 4.69) is 15.4 Å². The zero-order valence-corrected chi connectivity index (χ0v) is 19.0. The lowest BCUT2D eigenvalue weighted by Crippen LogP contribution is -2.62. The second kappa shape index (κ2) is 10.8. The van der Waals surface area contributed by atoms with Gasteiger partial charge in [0.25, 0.3) is 0 Å². The summed E-state index contributed by atoms with van der Waals surface area (Å²) in [5, 5.41) is 16.9. The number of aliphatic hydroxyl groups excluding tert-OH is 1. The summed E-state index contributed by atoms with van der Waals surface area (Å²) in [5.41, 5.74) is 0.445. The molecule has 3 N–H and O–H groups in total. The highest BCUT2D eigenvalue weighted by molar-refractivity contribution is 5.73. The minimum atomic E-state index is -4.81. The number of halogens is 3. The van der Waals surface area contributed by atoms with Gasteiger partial charge in [-0.05, 0) is 36.5 Å². The molecule has 1 fully saturated rings. The summed E-state index contributed by atoms with van der Waals surface area (Å²) in [5.74, 6) is -0.731. The third-order valence-electron chi connectivity index (χ3n) is 4.81. The predicted molar refractivity (Wildman–Crippen MR) is 112 cm³/mol. The molecule has 1 amide bonds. The fourth-order valence-corrected chi connectivity index (χ4v) is 3.45. The van der Waals surface area contributed by atoms with E-state index in [1.54, 1.807) is 6.07 Å². The molecule has 7 nitrogen and oxygen atoms in total. The van der Waals surface area contributed by atoms with E-state index in [0.717, 1.165) is 0 Å². The molecule has 0 bridgehead atoms. The average molecular weight is 463 g/mol. The van der Waals surface area contributed by atoms with E-state index < -0.39 is 30.8 Å². The van der Waals surface area contributed by atoms with Gasteiger partial charge in [-0.2, -0.15) is 0 Å². The first-order chi connectivity index (χ1) is 14.7. The Balaban J connectivity index is 2.05. The third kappa shape index (κ3) is 8.93. The van der Waals surface area contributed by atoms with Gasteiger partial charge in [-0.15, -0.1) is 13.2 Å². The molecule has 32 heavy (non-hydrogen) atoms. The number of hydrogen-bond donors (Lipinski definition) is 3. The minimum Gasteiger partial charge on any atom is -0.406 e. The van der Waals surface area contributed by atoms with Crippen molar-refractivity contribution in [1.29, 1.82) is 0 Å². The van der Waals surface area contributed by atoms with Gasteiger partial charge in [0.1, 0.15) is 5.75 Å². The van der Waals surface area contributed by atoms with E-state index in [0.29, 0.717) is 12.2 Å². The van der Waals surface area contributed by atoms with E-state index in [-0.39, 0.29) is 36.1 Å². The lowest BCUT2D eigenvalue weighted by atomic mass is 9.95. The maximum Gasteiger partial charge on any atom is 0.573 e. The van der Waals surface area contributed by atoms with Gasteiger partial charge in [0, 0.05) is 6.92 Å². The van der Waals surface area contributed by atoms with Crippen LogP contribution in [0, 0.1) is 5.41 Å². The van der Waals surface area contributed by atoms with Gasteiger partial charge in [0.2, 0.25) is 5.91 Å². The monoisotopic (exact) mass is 462 g/mol. The largest absolute Gasteiger partial charge is 0.573 e. The molecule has 5 atom stereocenters. The van der Waals surface area contributed by atoms with Crippen molar-refractivity contribution in [2.24, 2.45) is 5.41 Å². The van der Waals surface area contributed by atoms with E-state index in [4.69, 9.17) is 9.47 Å². The van der Waals surface area contributed by atoms with Crippen LogP contribution in [0.5, 0.6) is 5.75 Å². The van der Waals surface area contributed by atoms with Crippen LogP contribution in [0.25, 0.3) is 0 Å². The van der Waals surface area contributed by atoms with Gasteiger partial charge in [0.05, 0.1) is 37.4 Å². The van der Waals surface area contributed by atoms with Crippen molar-refractivity contribution < 1.29 is 37.3 Å². The zero-order valence-electron chi connectivity index (χ0n) is 19.0. The standard InChI is InChI=1S/C22H33F3N2O5/c1-13-20(31-12-21(3,4)5)30-11-18(26-13)19(29)17(27-14(2)28)10-15-7-6-8-16(9-15)32-22(23,24)25/h6-9,13,17-20,26,29H,10-12H2,1-5H3,(H,27,28)/t13-,17-,18+,19-,20-/m0/s1. The maximum atomic E-state index is 12.5. The second-order valence-electron chi connectivity index (χ2n) is 9.33. The molecule has 1 aromatic rings. The molecule has 182 valence electrons. The normalized spacial score (nSPS) is 24.0. The van der Waals surface area contributed by atoms with Gasteiger partial charge in [-0.25, -0.2) is 0 Å². The molecule has 0 spiro atoms. The molecular formula is C22H33F3N2O5. The summed E-state index contributed by atoms with van der Waals surface area (Å²) in [6.45, 7) is 9.98. The molecule has 0 unspecified atom stereocenters. The van der Waals surface area contributed by atoms with Gasteiger partial charge < -0.3 is 30.0 Å². The Morgan fingerprint density at radius 2 is 2.03 bits per heavy atom. The lowest BCUT2D eigenvalue weighted by molar-refractivity contribution is -0.274. The van der Waals surface area contributed by atoms with Crippen LogP contribution in [-0.2, 0) is 20.7 Å². The number of nitrogens with one attached hydrogen (secondary N) is 2. The number of morpholine rings is 1. The highest BCUT2D eigenvalue weighted by Crippen LogP contribution is 2.25. The molecule has 1 aromatic carbocycles. The molecule has 0 aliphatic carbocycles. The van der Waals surface area contributed by atoms with Crippen molar-refractivity contribution in [3.8, 4) is 5.75 Å². The van der Waals surface area contributed by atoms with Crippen molar-refractivity contribution in [1.82, 2.24) is 10.6 Å². The first kappa shape index (κ1) is 26.4. The van der Waals surface area contributed by atoms with Crippen molar-refractivity contribution in [2.75, 3.05) is 13.2 Å². The van der Waals surface area contributed by atoms with Crippen molar-refractivity contribution in [3.63, 3.8) is 0 Å². The van der Waals surface area contributed by atoms with Crippen LogP contribution >= 0.6 is 0 Å². The van der Waals surface area contributed by atoms with Crippen LogP contribution in [0.2, 0.25) is 0 Å². The first-order valence-corrected chi connectivity index (χ1v) is 10.5. The molecule has 2 rings (SSSR count). The van der Waals surface area contributed by atoms with E-state index in [9.17, 15) is 23.1 Å². The fraction of sp³-hybridized carbons (Fsp3) is 0.682. The maximum absolute atomic E-state index is 12.5. The Labute approximate surface area is 186 Å². The number of rotatable bonds is 8. The summed E-state index contributed by atoms with van der Waals surface area (Å²) < 4.78 is 53.1. The number of hydrogen-bond acceptors (Lipinski definition) is 6. The van der Waals surface area contributed by atoms with Crippen LogP contribution in [-0.4, -0.2) is 61.1 Å². The summed E-state index contributed by atoms with van der Waals surface area (Å²) in [6, 6.07) is 3.98. The van der Waals surface area contributed by atoms with E-state index >= 15 is 0 Å². The fourth-order valence-electron chi connectivity index (χ4n) is 3.45. The number of alkyl halides is 3. The van der Waals surface area contributed by atoms with E-state index in [1.165, 1.54) is 25.1 Å². The number of amides is 1. The molecule has 0 saturated carbocycles. The van der Waals surface area contributed by atoms with Gasteiger partial charge >= 0.3 is 6.36 Å². The Bertz CT molecular complexity index is 754. The average Bonchev–Trinajstić information content (AvgIpc) is 2.63. The van der Waals surface area contributed by atoms with Crippen LogP contribution < -0.4 is 15.4 Å². The minimum absolute atomic E-state index is 0.0275. The summed E-state index contributed by atoms with van der Waals surface area (Å²) in [7, 11) is 0. The Kier molecular flexibility index (Phi) is 8.92.